The highest BCUT2D eigenvalue weighted by molar-refractivity contribution is 5.81. The van der Waals surface area contributed by atoms with Crippen LogP contribution in [-0.2, 0) is 9.53 Å². The molecule has 0 spiro atoms. The Balaban J connectivity index is 1.75. The van der Waals surface area contributed by atoms with E-state index in [0.717, 1.165) is 19.4 Å². The molecule has 1 saturated heterocycles. The van der Waals surface area contributed by atoms with Crippen molar-refractivity contribution in [3.05, 3.63) is 0 Å². The van der Waals surface area contributed by atoms with Crippen molar-refractivity contribution in [3.8, 4) is 0 Å². The van der Waals surface area contributed by atoms with Gasteiger partial charge >= 0.3 is 0 Å². The van der Waals surface area contributed by atoms with Gasteiger partial charge in [0, 0.05) is 13.1 Å². The molecule has 2 unspecified atom stereocenters. The van der Waals surface area contributed by atoms with Crippen LogP contribution in [0.15, 0.2) is 0 Å². The van der Waals surface area contributed by atoms with Crippen LogP contribution in [0.3, 0.4) is 0 Å². The SMILES string of the molecule is CC(C)C1(CNC(=O)C2CCC(CN)O2)CC1. The molecule has 1 aliphatic heterocycles. The first-order valence-corrected chi connectivity index (χ1v) is 6.70. The van der Waals surface area contributed by atoms with Gasteiger partial charge in [-0.2, -0.15) is 0 Å². The zero-order valence-electron chi connectivity index (χ0n) is 10.9. The third-order valence-corrected chi connectivity index (χ3v) is 4.39. The molecule has 0 aromatic heterocycles. The van der Waals surface area contributed by atoms with E-state index < -0.39 is 0 Å². The van der Waals surface area contributed by atoms with Crippen molar-refractivity contribution in [2.75, 3.05) is 13.1 Å². The highest BCUT2D eigenvalue weighted by Crippen LogP contribution is 2.51. The maximum absolute atomic E-state index is 11.9. The number of hydrogen-bond acceptors (Lipinski definition) is 3. The van der Waals surface area contributed by atoms with Crippen LogP contribution in [0.2, 0.25) is 0 Å². The van der Waals surface area contributed by atoms with E-state index in [1.807, 2.05) is 0 Å². The molecule has 0 aromatic rings. The monoisotopic (exact) mass is 240 g/mol. The Kier molecular flexibility index (Phi) is 3.73. The second-order valence-electron chi connectivity index (χ2n) is 5.79. The first kappa shape index (κ1) is 12.8. The average molecular weight is 240 g/mol. The molecule has 4 nitrogen and oxygen atoms in total. The lowest BCUT2D eigenvalue weighted by Gasteiger charge is -2.21. The van der Waals surface area contributed by atoms with Crippen LogP contribution >= 0.6 is 0 Å². The highest BCUT2D eigenvalue weighted by atomic mass is 16.5. The molecule has 17 heavy (non-hydrogen) atoms. The van der Waals surface area contributed by atoms with E-state index >= 15 is 0 Å². The van der Waals surface area contributed by atoms with Crippen molar-refractivity contribution in [2.24, 2.45) is 17.1 Å². The molecule has 1 saturated carbocycles. The average Bonchev–Trinajstić information content (AvgIpc) is 2.96. The van der Waals surface area contributed by atoms with Crippen molar-refractivity contribution < 1.29 is 9.53 Å². The summed E-state index contributed by atoms with van der Waals surface area (Å²) in [5.74, 6) is 0.692. The van der Waals surface area contributed by atoms with E-state index in [1.165, 1.54) is 12.8 Å². The van der Waals surface area contributed by atoms with Gasteiger partial charge in [-0.25, -0.2) is 0 Å². The predicted molar refractivity (Wildman–Crippen MR) is 66.5 cm³/mol. The minimum Gasteiger partial charge on any atom is -0.364 e. The van der Waals surface area contributed by atoms with Gasteiger partial charge in [0.2, 0.25) is 5.91 Å². The van der Waals surface area contributed by atoms with Gasteiger partial charge in [-0.3, -0.25) is 4.79 Å². The molecule has 2 atom stereocenters. The van der Waals surface area contributed by atoms with Crippen molar-refractivity contribution in [3.63, 3.8) is 0 Å². The first-order valence-electron chi connectivity index (χ1n) is 6.70. The van der Waals surface area contributed by atoms with Crippen LogP contribution in [-0.4, -0.2) is 31.2 Å². The number of nitrogens with one attached hydrogen (secondary N) is 1. The quantitative estimate of drug-likeness (QED) is 0.755. The smallest absolute Gasteiger partial charge is 0.249 e. The maximum Gasteiger partial charge on any atom is 0.249 e. The van der Waals surface area contributed by atoms with E-state index in [1.54, 1.807) is 0 Å². The van der Waals surface area contributed by atoms with E-state index in [9.17, 15) is 4.79 Å². The van der Waals surface area contributed by atoms with Crippen molar-refractivity contribution >= 4 is 5.91 Å². The number of carbonyl (C=O) groups is 1. The summed E-state index contributed by atoms with van der Waals surface area (Å²) in [6, 6.07) is 0. The summed E-state index contributed by atoms with van der Waals surface area (Å²) >= 11 is 0. The van der Waals surface area contributed by atoms with Crippen LogP contribution in [0.25, 0.3) is 0 Å². The van der Waals surface area contributed by atoms with Gasteiger partial charge in [0.15, 0.2) is 0 Å². The summed E-state index contributed by atoms with van der Waals surface area (Å²) < 4.78 is 5.58. The Morgan fingerprint density at radius 2 is 2.18 bits per heavy atom. The molecule has 2 fully saturated rings. The zero-order chi connectivity index (χ0) is 12.5. The van der Waals surface area contributed by atoms with Crippen LogP contribution in [0.5, 0.6) is 0 Å². The Bertz CT molecular complexity index is 287. The van der Waals surface area contributed by atoms with Gasteiger partial charge in [-0.05, 0) is 37.0 Å². The molecule has 2 rings (SSSR count). The molecule has 2 aliphatic rings. The lowest BCUT2D eigenvalue weighted by Crippen LogP contribution is -2.39. The molecule has 1 aliphatic carbocycles. The van der Waals surface area contributed by atoms with Crippen LogP contribution < -0.4 is 11.1 Å². The Morgan fingerprint density at radius 3 is 2.65 bits per heavy atom. The van der Waals surface area contributed by atoms with E-state index in [2.05, 4.69) is 19.2 Å². The van der Waals surface area contributed by atoms with Crippen molar-refractivity contribution in [2.45, 2.75) is 51.7 Å². The fourth-order valence-corrected chi connectivity index (χ4v) is 2.57. The first-order chi connectivity index (χ1) is 8.07. The van der Waals surface area contributed by atoms with Gasteiger partial charge in [0.05, 0.1) is 6.10 Å². The van der Waals surface area contributed by atoms with E-state index in [4.69, 9.17) is 10.5 Å². The number of carbonyl (C=O) groups excluding carboxylic acids is 1. The summed E-state index contributed by atoms with van der Waals surface area (Å²) in [6.45, 7) is 5.78. The molecular formula is C13H24N2O2. The van der Waals surface area contributed by atoms with Gasteiger partial charge in [0.25, 0.3) is 0 Å². The van der Waals surface area contributed by atoms with Gasteiger partial charge in [-0.15, -0.1) is 0 Å². The normalized spacial score (nSPS) is 30.6. The van der Waals surface area contributed by atoms with Crippen molar-refractivity contribution in [1.82, 2.24) is 5.32 Å². The van der Waals surface area contributed by atoms with E-state index in [0.29, 0.717) is 17.9 Å². The molecule has 98 valence electrons. The van der Waals surface area contributed by atoms with Gasteiger partial charge < -0.3 is 15.8 Å². The molecule has 0 bridgehead atoms. The molecule has 0 radical (unpaired) electrons. The van der Waals surface area contributed by atoms with Crippen LogP contribution in [0.1, 0.15) is 39.5 Å². The number of rotatable bonds is 5. The van der Waals surface area contributed by atoms with E-state index in [-0.39, 0.29) is 18.1 Å². The topological polar surface area (TPSA) is 64.4 Å². The second-order valence-corrected chi connectivity index (χ2v) is 5.79. The van der Waals surface area contributed by atoms with Crippen molar-refractivity contribution in [1.29, 1.82) is 0 Å². The molecule has 0 aromatic carbocycles. The predicted octanol–water partition coefficient (Wildman–Crippen LogP) is 1.05. The number of nitrogens with two attached hydrogens (primary N) is 1. The Morgan fingerprint density at radius 1 is 1.47 bits per heavy atom. The molecule has 3 N–H and O–H groups in total. The fraction of sp³-hybridized carbons (Fsp3) is 0.923. The Labute approximate surface area is 103 Å². The van der Waals surface area contributed by atoms with Gasteiger partial charge in [-0.1, -0.05) is 13.8 Å². The summed E-state index contributed by atoms with van der Waals surface area (Å²) in [5, 5.41) is 3.05. The summed E-state index contributed by atoms with van der Waals surface area (Å²) in [7, 11) is 0. The summed E-state index contributed by atoms with van der Waals surface area (Å²) in [6.07, 6.45) is 3.99. The minimum absolute atomic E-state index is 0.0490. The highest BCUT2D eigenvalue weighted by Gasteiger charge is 2.45. The number of ether oxygens (including phenoxy) is 1. The summed E-state index contributed by atoms with van der Waals surface area (Å²) in [4.78, 5) is 11.9. The minimum atomic E-state index is -0.272. The number of amides is 1. The van der Waals surface area contributed by atoms with Crippen LogP contribution in [0.4, 0.5) is 0 Å². The number of hydrogen-bond donors (Lipinski definition) is 2. The van der Waals surface area contributed by atoms with Crippen LogP contribution in [0, 0.1) is 11.3 Å². The Hall–Kier alpha value is -0.610. The largest absolute Gasteiger partial charge is 0.364 e. The molecule has 1 heterocycles. The van der Waals surface area contributed by atoms with Gasteiger partial charge in [0.1, 0.15) is 6.10 Å². The third kappa shape index (κ3) is 2.80. The third-order valence-electron chi connectivity index (χ3n) is 4.39. The maximum atomic E-state index is 11.9. The second kappa shape index (κ2) is 4.94. The molecule has 1 amide bonds. The lowest BCUT2D eigenvalue weighted by atomic mass is 9.92. The molecular weight excluding hydrogens is 216 g/mol. The lowest BCUT2D eigenvalue weighted by molar-refractivity contribution is -0.132. The standard InChI is InChI=1S/C13H24N2O2/c1-9(2)13(5-6-13)8-15-12(16)11-4-3-10(7-14)17-11/h9-11H,3-8,14H2,1-2H3,(H,15,16). The summed E-state index contributed by atoms with van der Waals surface area (Å²) in [5.41, 5.74) is 5.90. The zero-order valence-corrected chi connectivity index (χ0v) is 10.9. The fourth-order valence-electron chi connectivity index (χ4n) is 2.57. The molecule has 4 heteroatoms.